The number of alkyl halides is 3. The Morgan fingerprint density at radius 1 is 0.930 bits per heavy atom. The monoisotopic (exact) mass is 752 g/mol. The molecule has 248 valence electrons. The minimum atomic E-state index is -4.53. The Morgan fingerprint density at radius 2 is 1.51 bits per heavy atom. The number of phosphoric acid groups is 1. The summed E-state index contributed by atoms with van der Waals surface area (Å²) in [6.07, 6.45) is 4.66. The maximum Gasteiger partial charge on any atom is 0.472 e. The number of nitrogens with zero attached hydrogens (tertiary/aromatic N) is 3. The van der Waals surface area contributed by atoms with Crippen LogP contribution in [-0.2, 0) is 28.7 Å². The van der Waals surface area contributed by atoms with E-state index in [4.69, 9.17) is 23.3 Å². The smallest absolute Gasteiger partial charge is 0.472 e. The number of halogens is 4. The Labute approximate surface area is 267 Å². The standard InChI is InChI=1S/C28H46F3IN3O7P/c1-35(2,3)16-19-41-43(36,37)42-22-24(38-4)21-39-17-12-10-8-6-5-7-9-11-13-18-40-26-15-14-23(20-25(26)32)27(33-34-27)28(29,30)31/h14-15,20,24H,5-13,16-19,21-22H2,1-4H3/p+1/t24-/m1/s1. The summed E-state index contributed by atoms with van der Waals surface area (Å²) in [7, 11) is 3.27. The third-order valence-corrected chi connectivity index (χ3v) is 8.62. The quantitative estimate of drug-likeness (QED) is 0.0514. The van der Waals surface area contributed by atoms with Gasteiger partial charge in [-0.2, -0.15) is 13.2 Å². The second-order valence-electron chi connectivity index (χ2n) is 11.6. The third-order valence-electron chi connectivity index (χ3n) is 6.80. The van der Waals surface area contributed by atoms with Crippen LogP contribution in [0.5, 0.6) is 5.75 Å². The zero-order chi connectivity index (χ0) is 32.0. The second-order valence-corrected chi connectivity index (χ2v) is 14.2. The summed E-state index contributed by atoms with van der Waals surface area (Å²) >= 11 is 1.98. The zero-order valence-corrected chi connectivity index (χ0v) is 28.7. The van der Waals surface area contributed by atoms with Crippen LogP contribution in [0.15, 0.2) is 28.4 Å². The lowest BCUT2D eigenvalue weighted by molar-refractivity contribution is -0.870. The van der Waals surface area contributed by atoms with Crippen molar-refractivity contribution in [1.29, 1.82) is 0 Å². The summed E-state index contributed by atoms with van der Waals surface area (Å²) in [6.45, 7) is 1.99. The molecule has 1 aliphatic rings. The highest BCUT2D eigenvalue weighted by molar-refractivity contribution is 14.1. The van der Waals surface area contributed by atoms with Crippen molar-refractivity contribution in [2.24, 2.45) is 10.2 Å². The van der Waals surface area contributed by atoms with Gasteiger partial charge in [-0.05, 0) is 47.6 Å². The van der Waals surface area contributed by atoms with E-state index in [0.717, 1.165) is 51.4 Å². The summed E-state index contributed by atoms with van der Waals surface area (Å²) in [6, 6.07) is 4.38. The lowest BCUT2D eigenvalue weighted by Crippen LogP contribution is -2.37. The van der Waals surface area contributed by atoms with E-state index in [1.165, 1.54) is 25.7 Å². The van der Waals surface area contributed by atoms with Gasteiger partial charge < -0.3 is 23.6 Å². The number of hydrogen-bond acceptors (Lipinski definition) is 8. The SMILES string of the molecule is CO[C@H](COCCCCCCCCCCCOc1ccc(C2(C(F)(F)F)N=N2)cc1I)COP(=O)(O)OCC[N+](C)(C)C. The van der Waals surface area contributed by atoms with Crippen molar-refractivity contribution >= 4 is 30.4 Å². The van der Waals surface area contributed by atoms with Gasteiger partial charge in [0.25, 0.3) is 0 Å². The number of hydrogen-bond donors (Lipinski definition) is 1. The van der Waals surface area contributed by atoms with Crippen molar-refractivity contribution < 1.29 is 50.4 Å². The van der Waals surface area contributed by atoms with E-state index in [1.807, 2.05) is 43.7 Å². The fraction of sp³-hybridized carbons (Fsp3) is 0.786. The Morgan fingerprint density at radius 3 is 2.02 bits per heavy atom. The van der Waals surface area contributed by atoms with Crippen LogP contribution in [0.4, 0.5) is 13.2 Å². The summed E-state index contributed by atoms with van der Waals surface area (Å²) in [5.41, 5.74) is -2.39. The van der Waals surface area contributed by atoms with Crippen molar-refractivity contribution in [3.8, 4) is 5.75 Å². The van der Waals surface area contributed by atoms with Gasteiger partial charge in [-0.1, -0.05) is 51.0 Å². The number of benzene rings is 1. The van der Waals surface area contributed by atoms with Gasteiger partial charge in [-0.25, -0.2) is 4.57 Å². The number of unbranched alkanes of at least 4 members (excludes halogenated alkanes) is 8. The van der Waals surface area contributed by atoms with Crippen molar-refractivity contribution in [3.63, 3.8) is 0 Å². The topological polar surface area (TPSA) is 108 Å². The van der Waals surface area contributed by atoms with E-state index in [9.17, 15) is 22.6 Å². The van der Waals surface area contributed by atoms with Crippen LogP contribution in [0, 0.1) is 3.57 Å². The van der Waals surface area contributed by atoms with Crippen LogP contribution in [-0.4, -0.2) is 89.5 Å². The molecule has 43 heavy (non-hydrogen) atoms. The molecule has 1 aliphatic heterocycles. The highest BCUT2D eigenvalue weighted by Gasteiger charge is 2.65. The van der Waals surface area contributed by atoms with Crippen molar-refractivity contribution in [2.45, 2.75) is 75.7 Å². The number of rotatable bonds is 24. The first kappa shape index (κ1) is 38.3. The molecule has 0 radical (unpaired) electrons. The predicted octanol–water partition coefficient (Wildman–Crippen LogP) is 7.23. The Balaban J connectivity index is 1.42. The molecule has 15 heteroatoms. The van der Waals surface area contributed by atoms with Gasteiger partial charge >= 0.3 is 19.7 Å². The number of methoxy groups -OCH3 is 1. The number of likely N-dealkylation sites (N-methyl/N-ethyl adjacent to an activating group) is 1. The molecule has 0 saturated carbocycles. The number of ether oxygens (including phenoxy) is 3. The van der Waals surface area contributed by atoms with Gasteiger partial charge in [0.1, 0.15) is 25.0 Å². The highest BCUT2D eigenvalue weighted by atomic mass is 127. The van der Waals surface area contributed by atoms with Gasteiger partial charge in [0.05, 0.1) is 44.5 Å². The Kier molecular flexibility index (Phi) is 16.3. The molecule has 0 aromatic heterocycles. The van der Waals surface area contributed by atoms with Crippen LogP contribution in [0.3, 0.4) is 0 Å². The average molecular weight is 753 g/mol. The lowest BCUT2D eigenvalue weighted by atomic mass is 10.0. The van der Waals surface area contributed by atoms with Crippen LogP contribution in [0.2, 0.25) is 0 Å². The fourth-order valence-electron chi connectivity index (χ4n) is 4.05. The van der Waals surface area contributed by atoms with Crippen LogP contribution >= 0.6 is 30.4 Å². The minimum Gasteiger partial charge on any atom is -0.492 e. The summed E-state index contributed by atoms with van der Waals surface area (Å²) in [4.78, 5) is 9.81. The van der Waals surface area contributed by atoms with Gasteiger partial charge in [-0.15, -0.1) is 10.2 Å². The first-order valence-corrected chi connectivity index (χ1v) is 17.2. The maximum absolute atomic E-state index is 13.2. The molecular weight excluding hydrogens is 705 g/mol. The molecule has 0 fully saturated rings. The van der Waals surface area contributed by atoms with Crippen LogP contribution < -0.4 is 4.74 Å². The largest absolute Gasteiger partial charge is 0.492 e. The second kappa shape index (κ2) is 18.3. The Bertz CT molecular complexity index is 1040. The van der Waals surface area contributed by atoms with E-state index >= 15 is 0 Å². The molecular formula is C28H47F3IN3O7P+. The molecule has 1 N–H and O–H groups in total. The van der Waals surface area contributed by atoms with E-state index in [1.54, 1.807) is 6.07 Å². The lowest BCUT2D eigenvalue weighted by Gasteiger charge is -2.24. The minimum absolute atomic E-state index is 0.0136. The normalized spacial score (nSPS) is 16.7. The number of phosphoric ester groups is 1. The summed E-state index contributed by atoms with van der Waals surface area (Å²) in [5, 5.41) is 6.48. The van der Waals surface area contributed by atoms with E-state index < -0.39 is 25.8 Å². The zero-order valence-electron chi connectivity index (χ0n) is 25.6. The van der Waals surface area contributed by atoms with E-state index in [0.29, 0.717) is 33.6 Å². The predicted molar refractivity (Wildman–Crippen MR) is 165 cm³/mol. The first-order valence-electron chi connectivity index (χ1n) is 14.7. The van der Waals surface area contributed by atoms with E-state index in [-0.39, 0.29) is 25.4 Å². The number of quaternary nitrogens is 1. The molecule has 1 aromatic carbocycles. The molecule has 1 heterocycles. The molecule has 0 amide bonds. The molecule has 0 aliphatic carbocycles. The van der Waals surface area contributed by atoms with Crippen molar-refractivity contribution in [1.82, 2.24) is 0 Å². The average Bonchev–Trinajstić information content (AvgIpc) is 3.73. The first-order chi connectivity index (χ1) is 20.2. The Hall–Kier alpha value is -0.870. The van der Waals surface area contributed by atoms with Gasteiger partial charge in [0, 0.05) is 19.3 Å². The molecule has 2 rings (SSSR count). The van der Waals surface area contributed by atoms with E-state index in [2.05, 4.69) is 10.2 Å². The summed E-state index contributed by atoms with van der Waals surface area (Å²) in [5.74, 6) is 0.574. The molecule has 2 atom stereocenters. The van der Waals surface area contributed by atoms with Crippen LogP contribution in [0.25, 0.3) is 0 Å². The maximum atomic E-state index is 13.2. The highest BCUT2D eigenvalue weighted by Crippen LogP contribution is 2.52. The van der Waals surface area contributed by atoms with Crippen molar-refractivity contribution in [2.75, 3.05) is 67.8 Å². The van der Waals surface area contributed by atoms with Gasteiger partial charge in [0.15, 0.2) is 0 Å². The molecule has 10 nitrogen and oxygen atoms in total. The molecule has 1 unspecified atom stereocenters. The van der Waals surface area contributed by atoms with Crippen LogP contribution in [0.1, 0.15) is 63.4 Å². The molecule has 0 bridgehead atoms. The molecule has 1 aromatic rings. The third kappa shape index (κ3) is 14.8. The molecule has 0 spiro atoms. The van der Waals surface area contributed by atoms with Crippen molar-refractivity contribution in [3.05, 3.63) is 27.3 Å². The van der Waals surface area contributed by atoms with Gasteiger partial charge in [-0.3, -0.25) is 9.05 Å². The fourth-order valence-corrected chi connectivity index (χ4v) is 5.46. The van der Waals surface area contributed by atoms with Gasteiger partial charge in [0.2, 0.25) is 0 Å². The molecule has 0 saturated heterocycles. The summed E-state index contributed by atoms with van der Waals surface area (Å²) < 4.78 is 79.5.